The Morgan fingerprint density at radius 1 is 1.12 bits per heavy atom. The lowest BCUT2D eigenvalue weighted by Crippen LogP contribution is -2.25. The highest BCUT2D eigenvalue weighted by molar-refractivity contribution is 6.01. The number of nitrogens with one attached hydrogen (secondary N) is 1. The van der Waals surface area contributed by atoms with Gasteiger partial charge < -0.3 is 14.2 Å². The van der Waals surface area contributed by atoms with E-state index in [0.717, 1.165) is 5.56 Å². The summed E-state index contributed by atoms with van der Waals surface area (Å²) in [4.78, 5) is 11.8. The van der Waals surface area contributed by atoms with Crippen molar-refractivity contribution in [1.82, 2.24) is 5.43 Å². The number of carbonyl (C=O) groups excluding carboxylic acids is 1. The van der Waals surface area contributed by atoms with E-state index >= 15 is 0 Å². The van der Waals surface area contributed by atoms with E-state index in [4.69, 9.17) is 14.2 Å². The van der Waals surface area contributed by atoms with Crippen molar-refractivity contribution in [3.63, 3.8) is 0 Å². The fourth-order valence-corrected chi connectivity index (χ4v) is 2.04. The molecule has 0 bridgehead atoms. The average Bonchev–Trinajstić information content (AvgIpc) is 2.63. The van der Waals surface area contributed by atoms with Gasteiger partial charge in [-0.2, -0.15) is 5.10 Å². The molecule has 0 saturated heterocycles. The Morgan fingerprint density at radius 2 is 1.92 bits per heavy atom. The molecule has 0 atom stereocenters. The molecule has 2 aromatic rings. The fraction of sp³-hybridized carbons (Fsp3) is 0.222. The Morgan fingerprint density at radius 3 is 2.60 bits per heavy atom. The quantitative estimate of drug-likeness (QED) is 0.618. The van der Waals surface area contributed by atoms with Crippen molar-refractivity contribution in [1.29, 1.82) is 0 Å². The summed E-state index contributed by atoms with van der Waals surface area (Å²) < 4.78 is 28.7. The van der Waals surface area contributed by atoms with Crippen molar-refractivity contribution in [3.05, 3.63) is 53.8 Å². The second-order valence-electron chi connectivity index (χ2n) is 5.04. The SMILES string of the molecule is COc1ccc(/C(C)=N\NC(=O)COc2cccc(F)c2)c(OC)c1. The van der Waals surface area contributed by atoms with E-state index in [1.165, 1.54) is 25.3 Å². The predicted molar refractivity (Wildman–Crippen MR) is 91.8 cm³/mol. The van der Waals surface area contributed by atoms with Crippen LogP contribution in [0.15, 0.2) is 47.6 Å². The maximum atomic E-state index is 13.0. The first-order chi connectivity index (χ1) is 12.0. The lowest BCUT2D eigenvalue weighted by Gasteiger charge is -2.10. The lowest BCUT2D eigenvalue weighted by molar-refractivity contribution is -0.123. The molecule has 0 heterocycles. The standard InChI is InChI=1S/C18H19FN2O4/c1-12(16-8-7-14(23-2)10-17(16)24-3)20-21-18(22)11-25-15-6-4-5-13(19)9-15/h4-10H,11H2,1-3H3,(H,21,22)/b20-12-. The molecule has 1 N–H and O–H groups in total. The van der Waals surface area contributed by atoms with Gasteiger partial charge in [0.2, 0.25) is 0 Å². The Balaban J connectivity index is 1.97. The molecule has 0 aliphatic heterocycles. The zero-order valence-electron chi connectivity index (χ0n) is 14.2. The molecule has 132 valence electrons. The number of carbonyl (C=O) groups is 1. The van der Waals surface area contributed by atoms with E-state index in [1.54, 1.807) is 38.3 Å². The monoisotopic (exact) mass is 346 g/mol. The highest BCUT2D eigenvalue weighted by Crippen LogP contribution is 2.25. The van der Waals surface area contributed by atoms with Crippen molar-refractivity contribution < 1.29 is 23.4 Å². The van der Waals surface area contributed by atoms with E-state index in [2.05, 4.69) is 10.5 Å². The minimum absolute atomic E-state index is 0.271. The number of rotatable bonds is 7. The van der Waals surface area contributed by atoms with Gasteiger partial charge in [0.05, 0.1) is 19.9 Å². The minimum atomic E-state index is -0.462. The van der Waals surface area contributed by atoms with Crippen LogP contribution in [0.25, 0.3) is 0 Å². The summed E-state index contributed by atoms with van der Waals surface area (Å²) in [5, 5.41) is 4.03. The molecule has 0 unspecified atom stereocenters. The van der Waals surface area contributed by atoms with Crippen LogP contribution in [-0.4, -0.2) is 32.4 Å². The fourth-order valence-electron chi connectivity index (χ4n) is 2.04. The third-order valence-corrected chi connectivity index (χ3v) is 3.31. The van der Waals surface area contributed by atoms with Gasteiger partial charge in [-0.1, -0.05) is 6.07 Å². The molecule has 0 aromatic heterocycles. The van der Waals surface area contributed by atoms with Crippen LogP contribution in [0.5, 0.6) is 17.2 Å². The van der Waals surface area contributed by atoms with Crippen LogP contribution in [0.3, 0.4) is 0 Å². The number of ether oxygens (including phenoxy) is 3. The van der Waals surface area contributed by atoms with E-state index in [1.807, 2.05) is 0 Å². The van der Waals surface area contributed by atoms with Gasteiger partial charge in [0.25, 0.3) is 5.91 Å². The summed E-state index contributed by atoms with van der Waals surface area (Å²) >= 11 is 0. The average molecular weight is 346 g/mol. The summed E-state index contributed by atoms with van der Waals surface area (Å²) in [7, 11) is 3.10. The van der Waals surface area contributed by atoms with Gasteiger partial charge in [0, 0.05) is 17.7 Å². The van der Waals surface area contributed by atoms with Crippen LogP contribution in [0, 0.1) is 5.82 Å². The Hall–Kier alpha value is -3.09. The van der Waals surface area contributed by atoms with Crippen LogP contribution in [-0.2, 0) is 4.79 Å². The summed E-state index contributed by atoms with van der Waals surface area (Å²) in [5.74, 6) is 0.605. The molecule has 2 aromatic carbocycles. The zero-order valence-corrected chi connectivity index (χ0v) is 14.2. The van der Waals surface area contributed by atoms with Crippen LogP contribution in [0.1, 0.15) is 12.5 Å². The molecule has 0 aliphatic carbocycles. The van der Waals surface area contributed by atoms with E-state index in [-0.39, 0.29) is 12.4 Å². The number of halogens is 1. The number of hydrogen-bond donors (Lipinski definition) is 1. The maximum Gasteiger partial charge on any atom is 0.277 e. The highest BCUT2D eigenvalue weighted by Gasteiger charge is 2.09. The molecule has 7 heteroatoms. The highest BCUT2D eigenvalue weighted by atomic mass is 19.1. The van der Waals surface area contributed by atoms with Crippen molar-refractivity contribution in [3.8, 4) is 17.2 Å². The summed E-state index contributed by atoms with van der Waals surface area (Å²) in [6, 6.07) is 10.8. The summed E-state index contributed by atoms with van der Waals surface area (Å²) in [6.07, 6.45) is 0. The molecule has 1 amide bonds. The van der Waals surface area contributed by atoms with Crippen LogP contribution >= 0.6 is 0 Å². The molecular formula is C18H19FN2O4. The number of hydrazone groups is 1. The molecule has 0 aliphatic rings. The first-order valence-electron chi connectivity index (χ1n) is 7.47. The largest absolute Gasteiger partial charge is 0.497 e. The number of benzene rings is 2. The summed E-state index contributed by atoms with van der Waals surface area (Å²) in [6.45, 7) is 1.46. The smallest absolute Gasteiger partial charge is 0.277 e. The van der Waals surface area contributed by atoms with Crippen molar-refractivity contribution >= 4 is 11.6 Å². The second-order valence-corrected chi connectivity index (χ2v) is 5.04. The lowest BCUT2D eigenvalue weighted by atomic mass is 10.1. The van der Waals surface area contributed by atoms with Gasteiger partial charge in [0.15, 0.2) is 6.61 Å². The van der Waals surface area contributed by atoms with Gasteiger partial charge in [-0.25, -0.2) is 9.82 Å². The second kappa shape index (κ2) is 8.68. The zero-order chi connectivity index (χ0) is 18.2. The Labute approximate surface area is 145 Å². The molecule has 0 radical (unpaired) electrons. The van der Waals surface area contributed by atoms with Crippen LogP contribution in [0.4, 0.5) is 4.39 Å². The third kappa shape index (κ3) is 5.20. The molecule has 0 saturated carbocycles. The first kappa shape index (κ1) is 18.3. The van der Waals surface area contributed by atoms with E-state index in [0.29, 0.717) is 17.2 Å². The molecular weight excluding hydrogens is 327 g/mol. The van der Waals surface area contributed by atoms with Gasteiger partial charge in [0.1, 0.15) is 23.1 Å². The molecule has 0 spiro atoms. The number of methoxy groups -OCH3 is 2. The summed E-state index contributed by atoms with van der Waals surface area (Å²) in [5.41, 5.74) is 3.66. The van der Waals surface area contributed by atoms with Crippen LogP contribution < -0.4 is 19.6 Å². The molecule has 0 fully saturated rings. The normalized spacial score (nSPS) is 11.0. The topological polar surface area (TPSA) is 69.2 Å². The molecule has 25 heavy (non-hydrogen) atoms. The van der Waals surface area contributed by atoms with Gasteiger partial charge in [-0.05, 0) is 31.2 Å². The number of amides is 1. The first-order valence-corrected chi connectivity index (χ1v) is 7.47. The van der Waals surface area contributed by atoms with E-state index < -0.39 is 11.7 Å². The molecule has 2 rings (SSSR count). The van der Waals surface area contributed by atoms with Crippen molar-refractivity contribution in [2.75, 3.05) is 20.8 Å². The number of nitrogens with zero attached hydrogens (tertiary/aromatic N) is 1. The minimum Gasteiger partial charge on any atom is -0.497 e. The van der Waals surface area contributed by atoms with E-state index in [9.17, 15) is 9.18 Å². The Kier molecular flexibility index (Phi) is 6.33. The molecule has 6 nitrogen and oxygen atoms in total. The maximum absolute atomic E-state index is 13.0. The van der Waals surface area contributed by atoms with Crippen LogP contribution in [0.2, 0.25) is 0 Å². The third-order valence-electron chi connectivity index (χ3n) is 3.31. The Bertz CT molecular complexity index is 777. The number of hydrogen-bond acceptors (Lipinski definition) is 5. The van der Waals surface area contributed by atoms with Gasteiger partial charge in [-0.3, -0.25) is 4.79 Å². The predicted octanol–water partition coefficient (Wildman–Crippen LogP) is 2.76. The van der Waals surface area contributed by atoms with Gasteiger partial charge in [-0.15, -0.1) is 0 Å². The van der Waals surface area contributed by atoms with Crippen molar-refractivity contribution in [2.24, 2.45) is 5.10 Å². The van der Waals surface area contributed by atoms with Gasteiger partial charge >= 0.3 is 0 Å². The van der Waals surface area contributed by atoms with Crippen molar-refractivity contribution in [2.45, 2.75) is 6.92 Å².